The van der Waals surface area contributed by atoms with Gasteiger partial charge in [0.2, 0.25) is 5.76 Å². The molecule has 0 bridgehead atoms. The first kappa shape index (κ1) is 7.28. The molecule has 1 heterocycles. The number of oxazole rings is 1. The van der Waals surface area contributed by atoms with Crippen LogP contribution in [0.25, 0.3) is 0 Å². The van der Waals surface area contributed by atoms with Gasteiger partial charge in [0.1, 0.15) is 0 Å². The molecule has 0 aliphatic rings. The Kier molecular flexibility index (Phi) is 1.88. The monoisotopic (exact) mass is 151 g/mol. The Balaban J connectivity index is 2.86. The van der Waals surface area contributed by atoms with Gasteiger partial charge in [0.25, 0.3) is 0 Å². The zero-order chi connectivity index (χ0) is 8.27. The Hall–Kier alpha value is -1.83. The zero-order valence-electron chi connectivity index (χ0n) is 5.79. The molecule has 0 radical (unpaired) electrons. The van der Waals surface area contributed by atoms with Crippen LogP contribution < -0.4 is 5.32 Å². The van der Waals surface area contributed by atoms with E-state index in [0.717, 1.165) is 6.39 Å². The van der Waals surface area contributed by atoms with Crippen LogP contribution in [-0.4, -0.2) is 10.9 Å². The number of nitrogens with zero attached hydrogens (tertiary/aromatic N) is 2. The topological polar surface area (TPSA) is 78.9 Å². The van der Waals surface area contributed by atoms with Crippen molar-refractivity contribution < 1.29 is 9.21 Å². The standard InChI is InChI=1S/C6H5N3O2/c1-4-5(11-3-9-4)6(10)8-2-7/h3H,1H3,(H,8,10). The van der Waals surface area contributed by atoms with Crippen LogP contribution in [-0.2, 0) is 0 Å². The number of nitriles is 1. The van der Waals surface area contributed by atoms with Crippen molar-refractivity contribution >= 4 is 5.91 Å². The molecule has 5 nitrogen and oxygen atoms in total. The molecule has 1 aromatic rings. The Bertz CT molecular complexity index is 310. The summed E-state index contributed by atoms with van der Waals surface area (Å²) < 4.78 is 4.70. The van der Waals surface area contributed by atoms with Gasteiger partial charge in [0, 0.05) is 0 Å². The third kappa shape index (κ3) is 1.35. The molecule has 0 aliphatic heterocycles. The largest absolute Gasteiger partial charge is 0.438 e. The molecule has 1 amide bonds. The lowest BCUT2D eigenvalue weighted by Gasteiger charge is -1.90. The van der Waals surface area contributed by atoms with Crippen LogP contribution in [0.4, 0.5) is 0 Å². The average Bonchev–Trinajstić information content (AvgIpc) is 2.36. The minimum Gasteiger partial charge on any atom is -0.438 e. The second kappa shape index (κ2) is 2.84. The van der Waals surface area contributed by atoms with Gasteiger partial charge in [0.15, 0.2) is 12.6 Å². The summed E-state index contributed by atoms with van der Waals surface area (Å²) in [6.45, 7) is 1.62. The van der Waals surface area contributed by atoms with E-state index in [0.29, 0.717) is 5.69 Å². The van der Waals surface area contributed by atoms with Gasteiger partial charge in [-0.1, -0.05) is 0 Å². The zero-order valence-corrected chi connectivity index (χ0v) is 5.79. The van der Waals surface area contributed by atoms with E-state index in [1.807, 2.05) is 5.32 Å². The van der Waals surface area contributed by atoms with Crippen LogP contribution in [0, 0.1) is 18.4 Å². The van der Waals surface area contributed by atoms with E-state index in [1.165, 1.54) is 6.19 Å². The van der Waals surface area contributed by atoms with Gasteiger partial charge in [0.05, 0.1) is 5.69 Å². The molecule has 11 heavy (non-hydrogen) atoms. The summed E-state index contributed by atoms with van der Waals surface area (Å²) in [6, 6.07) is 0. The second-order valence-corrected chi connectivity index (χ2v) is 1.83. The van der Waals surface area contributed by atoms with Gasteiger partial charge in [-0.05, 0) is 6.92 Å². The van der Waals surface area contributed by atoms with Crippen LogP contribution >= 0.6 is 0 Å². The third-order valence-electron chi connectivity index (χ3n) is 1.12. The van der Waals surface area contributed by atoms with Gasteiger partial charge in [-0.15, -0.1) is 0 Å². The number of carbonyl (C=O) groups excluding carboxylic acids is 1. The van der Waals surface area contributed by atoms with Gasteiger partial charge < -0.3 is 4.42 Å². The molecule has 0 unspecified atom stereocenters. The number of carbonyl (C=O) groups is 1. The second-order valence-electron chi connectivity index (χ2n) is 1.83. The maximum absolute atomic E-state index is 10.9. The van der Waals surface area contributed by atoms with Crippen LogP contribution in [0.15, 0.2) is 10.8 Å². The fraction of sp³-hybridized carbons (Fsp3) is 0.167. The maximum Gasteiger partial charge on any atom is 0.301 e. The summed E-state index contributed by atoms with van der Waals surface area (Å²) in [5.74, 6) is -0.492. The van der Waals surface area contributed by atoms with E-state index in [4.69, 9.17) is 9.68 Å². The lowest BCUT2D eigenvalue weighted by atomic mass is 10.3. The minimum absolute atomic E-state index is 0.0755. The van der Waals surface area contributed by atoms with E-state index in [1.54, 1.807) is 6.92 Å². The summed E-state index contributed by atoms with van der Waals surface area (Å²) in [6.07, 6.45) is 2.65. The summed E-state index contributed by atoms with van der Waals surface area (Å²) in [5.41, 5.74) is 0.470. The van der Waals surface area contributed by atoms with Crippen molar-refractivity contribution in [2.75, 3.05) is 0 Å². The molecule has 0 atom stereocenters. The summed E-state index contributed by atoms with van der Waals surface area (Å²) in [7, 11) is 0. The van der Waals surface area contributed by atoms with Crippen LogP contribution in [0.1, 0.15) is 16.2 Å². The summed E-state index contributed by atoms with van der Waals surface area (Å²) in [4.78, 5) is 14.5. The van der Waals surface area contributed by atoms with Crippen LogP contribution in [0.5, 0.6) is 0 Å². The highest BCUT2D eigenvalue weighted by molar-refractivity contribution is 5.93. The van der Waals surface area contributed by atoms with Crippen molar-refractivity contribution in [3.63, 3.8) is 0 Å². The van der Waals surface area contributed by atoms with Crippen molar-refractivity contribution in [1.82, 2.24) is 10.3 Å². The number of aromatic nitrogens is 1. The first-order chi connectivity index (χ1) is 5.25. The molecule has 5 heteroatoms. The number of hydrogen-bond donors (Lipinski definition) is 1. The highest BCUT2D eigenvalue weighted by Crippen LogP contribution is 2.03. The quantitative estimate of drug-likeness (QED) is 0.459. The van der Waals surface area contributed by atoms with E-state index < -0.39 is 5.91 Å². The third-order valence-corrected chi connectivity index (χ3v) is 1.12. The normalized spacial score (nSPS) is 8.73. The van der Waals surface area contributed by atoms with Gasteiger partial charge in [-0.25, -0.2) is 4.98 Å². The molecule has 0 spiro atoms. The maximum atomic E-state index is 10.9. The molecule has 56 valence electrons. The van der Waals surface area contributed by atoms with Crippen LogP contribution in [0.2, 0.25) is 0 Å². The molecule has 0 fully saturated rings. The smallest absolute Gasteiger partial charge is 0.301 e. The average molecular weight is 151 g/mol. The number of rotatable bonds is 1. The van der Waals surface area contributed by atoms with E-state index in [2.05, 4.69) is 4.98 Å². The number of amides is 1. The SMILES string of the molecule is Cc1ncoc1C(=O)NC#N. The first-order valence-corrected chi connectivity index (χ1v) is 2.85. The number of aryl methyl sites for hydroxylation is 1. The Labute approximate surface area is 62.6 Å². The van der Waals surface area contributed by atoms with Crippen molar-refractivity contribution in [2.45, 2.75) is 6.92 Å². The van der Waals surface area contributed by atoms with Crippen molar-refractivity contribution in [1.29, 1.82) is 5.26 Å². The fourth-order valence-corrected chi connectivity index (χ4v) is 0.627. The number of hydrogen-bond acceptors (Lipinski definition) is 4. The number of nitrogens with one attached hydrogen (secondary N) is 1. The van der Waals surface area contributed by atoms with Gasteiger partial charge >= 0.3 is 5.91 Å². The molecular formula is C6H5N3O2. The summed E-state index contributed by atoms with van der Waals surface area (Å²) in [5, 5.41) is 10.0. The Morgan fingerprint density at radius 2 is 2.64 bits per heavy atom. The lowest BCUT2D eigenvalue weighted by Crippen LogP contribution is -2.17. The van der Waals surface area contributed by atoms with E-state index in [-0.39, 0.29) is 5.76 Å². The van der Waals surface area contributed by atoms with Crippen molar-refractivity contribution in [3.8, 4) is 6.19 Å². The van der Waals surface area contributed by atoms with Gasteiger partial charge in [-0.2, -0.15) is 5.26 Å². The molecular weight excluding hydrogens is 146 g/mol. The fourth-order valence-electron chi connectivity index (χ4n) is 0.627. The molecule has 1 aromatic heterocycles. The first-order valence-electron chi connectivity index (χ1n) is 2.85. The van der Waals surface area contributed by atoms with E-state index in [9.17, 15) is 4.79 Å². The van der Waals surface area contributed by atoms with Crippen molar-refractivity contribution in [2.24, 2.45) is 0 Å². The highest BCUT2D eigenvalue weighted by atomic mass is 16.3. The molecule has 1 N–H and O–H groups in total. The molecule has 0 aromatic carbocycles. The molecule has 0 saturated carbocycles. The molecule has 1 rings (SSSR count). The predicted octanol–water partition coefficient (Wildman–Crippen LogP) is 0.194. The Morgan fingerprint density at radius 3 is 3.09 bits per heavy atom. The summed E-state index contributed by atoms with van der Waals surface area (Å²) >= 11 is 0. The predicted molar refractivity (Wildman–Crippen MR) is 34.3 cm³/mol. The van der Waals surface area contributed by atoms with Crippen LogP contribution in [0.3, 0.4) is 0 Å². The van der Waals surface area contributed by atoms with Gasteiger partial charge in [-0.3, -0.25) is 10.1 Å². The van der Waals surface area contributed by atoms with E-state index >= 15 is 0 Å². The molecule has 0 saturated heterocycles. The minimum atomic E-state index is -0.567. The lowest BCUT2D eigenvalue weighted by molar-refractivity contribution is 0.0945. The highest BCUT2D eigenvalue weighted by Gasteiger charge is 2.12. The van der Waals surface area contributed by atoms with Crippen molar-refractivity contribution in [3.05, 3.63) is 17.8 Å². The Morgan fingerprint density at radius 1 is 1.91 bits per heavy atom. The molecule has 0 aliphatic carbocycles.